The van der Waals surface area contributed by atoms with Crippen molar-refractivity contribution in [3.8, 4) is 17.2 Å². The number of hydrogen-bond donors (Lipinski definition) is 1. The molecule has 0 saturated carbocycles. The van der Waals surface area contributed by atoms with Crippen LogP contribution < -0.4 is 19.5 Å². The van der Waals surface area contributed by atoms with Crippen LogP contribution >= 0.6 is 11.6 Å². The Hall–Kier alpha value is -2.40. The summed E-state index contributed by atoms with van der Waals surface area (Å²) in [6, 6.07) is 10.5. The molecule has 0 spiro atoms. The SMILES string of the molecule is CCc1cc(OCC(=O)Nc2ccc(OC)c(OC)c2)ccc1Cl. The number of methoxy groups -OCH3 is 2. The summed E-state index contributed by atoms with van der Waals surface area (Å²) < 4.78 is 15.9. The second-order valence-corrected chi connectivity index (χ2v) is 5.42. The van der Waals surface area contributed by atoms with E-state index in [0.29, 0.717) is 28.0 Å². The normalized spacial score (nSPS) is 10.2. The summed E-state index contributed by atoms with van der Waals surface area (Å²) in [6.07, 6.45) is 0.799. The van der Waals surface area contributed by atoms with E-state index >= 15 is 0 Å². The number of halogens is 1. The van der Waals surface area contributed by atoms with Gasteiger partial charge in [0.25, 0.3) is 5.91 Å². The highest BCUT2D eigenvalue weighted by Gasteiger charge is 2.09. The second kappa shape index (κ2) is 8.45. The van der Waals surface area contributed by atoms with E-state index in [1.807, 2.05) is 13.0 Å². The molecule has 2 rings (SSSR count). The fraction of sp³-hybridized carbons (Fsp3) is 0.278. The molecule has 0 aliphatic carbocycles. The highest BCUT2D eigenvalue weighted by atomic mass is 35.5. The van der Waals surface area contributed by atoms with Crippen LogP contribution in [0.4, 0.5) is 5.69 Å². The van der Waals surface area contributed by atoms with Crippen molar-refractivity contribution in [1.82, 2.24) is 0 Å². The number of hydrogen-bond acceptors (Lipinski definition) is 4. The summed E-state index contributed by atoms with van der Waals surface area (Å²) in [6.45, 7) is 1.91. The van der Waals surface area contributed by atoms with E-state index in [2.05, 4.69) is 5.32 Å². The number of aryl methyl sites for hydroxylation is 1. The number of rotatable bonds is 7. The Bertz CT molecular complexity index is 718. The first kappa shape index (κ1) is 17.9. The Labute approximate surface area is 146 Å². The number of benzene rings is 2. The van der Waals surface area contributed by atoms with Gasteiger partial charge in [-0.1, -0.05) is 18.5 Å². The smallest absolute Gasteiger partial charge is 0.262 e. The van der Waals surface area contributed by atoms with Crippen LogP contribution in [-0.4, -0.2) is 26.7 Å². The molecule has 128 valence electrons. The zero-order valence-electron chi connectivity index (χ0n) is 13.9. The van der Waals surface area contributed by atoms with Crippen molar-refractivity contribution >= 4 is 23.2 Å². The van der Waals surface area contributed by atoms with Gasteiger partial charge in [-0.15, -0.1) is 0 Å². The van der Waals surface area contributed by atoms with Gasteiger partial charge in [-0.25, -0.2) is 0 Å². The van der Waals surface area contributed by atoms with Crippen LogP contribution in [0.15, 0.2) is 36.4 Å². The van der Waals surface area contributed by atoms with Crippen molar-refractivity contribution in [2.75, 3.05) is 26.1 Å². The van der Waals surface area contributed by atoms with Gasteiger partial charge in [0, 0.05) is 16.8 Å². The molecule has 0 aliphatic rings. The fourth-order valence-electron chi connectivity index (χ4n) is 2.17. The molecule has 0 saturated heterocycles. The Kier molecular flexibility index (Phi) is 6.32. The Morgan fingerprint density at radius 3 is 2.50 bits per heavy atom. The first-order chi connectivity index (χ1) is 11.6. The molecule has 1 N–H and O–H groups in total. The highest BCUT2D eigenvalue weighted by molar-refractivity contribution is 6.31. The molecule has 0 radical (unpaired) electrons. The maximum absolute atomic E-state index is 12.0. The number of carbonyl (C=O) groups is 1. The van der Waals surface area contributed by atoms with Crippen LogP contribution in [0.2, 0.25) is 5.02 Å². The molecule has 5 nitrogen and oxygen atoms in total. The number of nitrogens with one attached hydrogen (secondary N) is 1. The summed E-state index contributed by atoms with van der Waals surface area (Å²) in [5, 5.41) is 3.45. The van der Waals surface area contributed by atoms with Crippen LogP contribution in [0.25, 0.3) is 0 Å². The molecule has 6 heteroatoms. The lowest BCUT2D eigenvalue weighted by Crippen LogP contribution is -2.20. The summed E-state index contributed by atoms with van der Waals surface area (Å²) >= 11 is 6.06. The third kappa shape index (κ3) is 4.55. The molecule has 1 amide bonds. The molecule has 0 bridgehead atoms. The lowest BCUT2D eigenvalue weighted by molar-refractivity contribution is -0.118. The molecule has 2 aromatic carbocycles. The summed E-state index contributed by atoms with van der Waals surface area (Å²) in [7, 11) is 3.10. The van der Waals surface area contributed by atoms with Gasteiger partial charge in [-0.05, 0) is 42.3 Å². The monoisotopic (exact) mass is 349 g/mol. The number of anilines is 1. The number of ether oxygens (including phenoxy) is 3. The van der Waals surface area contributed by atoms with Crippen LogP contribution in [-0.2, 0) is 11.2 Å². The fourth-order valence-corrected chi connectivity index (χ4v) is 2.42. The highest BCUT2D eigenvalue weighted by Crippen LogP contribution is 2.29. The van der Waals surface area contributed by atoms with Gasteiger partial charge in [0.1, 0.15) is 5.75 Å². The van der Waals surface area contributed by atoms with Crippen molar-refractivity contribution in [3.63, 3.8) is 0 Å². The molecule has 0 fully saturated rings. The second-order valence-electron chi connectivity index (χ2n) is 5.01. The predicted octanol–water partition coefficient (Wildman–Crippen LogP) is 3.94. The van der Waals surface area contributed by atoms with Crippen LogP contribution in [0.3, 0.4) is 0 Å². The van der Waals surface area contributed by atoms with Gasteiger partial charge in [-0.3, -0.25) is 4.79 Å². The zero-order valence-corrected chi connectivity index (χ0v) is 14.6. The maximum atomic E-state index is 12.0. The van der Waals surface area contributed by atoms with E-state index in [9.17, 15) is 4.79 Å². The summed E-state index contributed by atoms with van der Waals surface area (Å²) in [4.78, 5) is 12.0. The Morgan fingerprint density at radius 1 is 1.08 bits per heavy atom. The van der Waals surface area contributed by atoms with Crippen molar-refractivity contribution in [2.24, 2.45) is 0 Å². The third-order valence-corrected chi connectivity index (χ3v) is 3.80. The van der Waals surface area contributed by atoms with Gasteiger partial charge in [0.2, 0.25) is 0 Å². The first-order valence-electron chi connectivity index (χ1n) is 7.50. The molecule has 0 unspecified atom stereocenters. The van der Waals surface area contributed by atoms with Gasteiger partial charge >= 0.3 is 0 Å². The predicted molar refractivity (Wildman–Crippen MR) is 94.5 cm³/mol. The third-order valence-electron chi connectivity index (χ3n) is 3.44. The minimum Gasteiger partial charge on any atom is -0.493 e. The number of amides is 1. The molecule has 24 heavy (non-hydrogen) atoms. The maximum Gasteiger partial charge on any atom is 0.262 e. The average Bonchev–Trinajstić information content (AvgIpc) is 2.60. The summed E-state index contributed by atoms with van der Waals surface area (Å²) in [5.74, 6) is 1.48. The first-order valence-corrected chi connectivity index (χ1v) is 7.88. The van der Waals surface area contributed by atoms with E-state index < -0.39 is 0 Å². The quantitative estimate of drug-likeness (QED) is 0.822. The topological polar surface area (TPSA) is 56.8 Å². The van der Waals surface area contributed by atoms with Gasteiger partial charge in [-0.2, -0.15) is 0 Å². The van der Waals surface area contributed by atoms with Crippen LogP contribution in [0, 0.1) is 0 Å². The van der Waals surface area contributed by atoms with Crippen molar-refractivity contribution in [2.45, 2.75) is 13.3 Å². The molecular weight excluding hydrogens is 330 g/mol. The van der Waals surface area contributed by atoms with Crippen LogP contribution in [0.5, 0.6) is 17.2 Å². The Morgan fingerprint density at radius 2 is 1.83 bits per heavy atom. The van der Waals surface area contributed by atoms with Crippen molar-refractivity contribution < 1.29 is 19.0 Å². The van der Waals surface area contributed by atoms with Gasteiger partial charge in [0.05, 0.1) is 14.2 Å². The van der Waals surface area contributed by atoms with Gasteiger partial charge < -0.3 is 19.5 Å². The lowest BCUT2D eigenvalue weighted by Gasteiger charge is -2.11. The minimum absolute atomic E-state index is 0.0981. The van der Waals surface area contributed by atoms with Gasteiger partial charge in [0.15, 0.2) is 18.1 Å². The van der Waals surface area contributed by atoms with E-state index in [1.165, 1.54) is 0 Å². The van der Waals surface area contributed by atoms with E-state index in [4.69, 9.17) is 25.8 Å². The molecule has 0 aromatic heterocycles. The molecule has 2 aromatic rings. The lowest BCUT2D eigenvalue weighted by atomic mass is 10.1. The van der Waals surface area contributed by atoms with Crippen molar-refractivity contribution in [1.29, 1.82) is 0 Å². The van der Waals surface area contributed by atoms with E-state index in [0.717, 1.165) is 12.0 Å². The molecule has 0 heterocycles. The molecule has 0 aliphatic heterocycles. The largest absolute Gasteiger partial charge is 0.493 e. The average molecular weight is 350 g/mol. The summed E-state index contributed by atoms with van der Waals surface area (Å²) in [5.41, 5.74) is 1.58. The standard InChI is InChI=1S/C18H20ClNO4/c1-4-12-9-14(6-7-15(12)19)24-11-18(21)20-13-5-8-16(22-2)17(10-13)23-3/h5-10H,4,11H2,1-3H3,(H,20,21). The van der Waals surface area contributed by atoms with E-state index in [-0.39, 0.29) is 12.5 Å². The minimum atomic E-state index is -0.268. The molecular formula is C18H20ClNO4. The zero-order chi connectivity index (χ0) is 17.5. The number of carbonyl (C=O) groups excluding carboxylic acids is 1. The van der Waals surface area contributed by atoms with Crippen molar-refractivity contribution in [3.05, 3.63) is 47.0 Å². The van der Waals surface area contributed by atoms with Crippen LogP contribution in [0.1, 0.15) is 12.5 Å². The Balaban J connectivity index is 1.96. The molecule has 0 atom stereocenters. The van der Waals surface area contributed by atoms with E-state index in [1.54, 1.807) is 44.6 Å².